The van der Waals surface area contributed by atoms with Crippen LogP contribution in [0.1, 0.15) is 61.3 Å². The summed E-state index contributed by atoms with van der Waals surface area (Å²) >= 11 is 0. The molecule has 4 bridgehead atoms. The van der Waals surface area contributed by atoms with Crippen LogP contribution >= 0.6 is 0 Å². The first-order valence-electron chi connectivity index (χ1n) is 17.4. The number of nitrogens with zero attached hydrogens (tertiary/aromatic N) is 4. The maximum Gasteiger partial charge on any atom is 2.00 e. The van der Waals surface area contributed by atoms with Crippen LogP contribution in [0.3, 0.4) is 0 Å². The van der Waals surface area contributed by atoms with Crippen LogP contribution < -0.4 is 100 Å². The Morgan fingerprint density at radius 1 is 0.394 bits per heavy atom. The van der Waals surface area contributed by atoms with Gasteiger partial charge < -0.3 is 127 Å². The van der Waals surface area contributed by atoms with Crippen molar-refractivity contribution in [3.05, 3.63) is 34.9 Å². The van der Waals surface area contributed by atoms with Crippen molar-refractivity contribution in [1.29, 1.82) is 0 Å². The van der Waals surface area contributed by atoms with Crippen molar-refractivity contribution in [3.8, 4) is 0 Å². The maximum atomic E-state index is 8.49. The van der Waals surface area contributed by atoms with E-state index in [1.807, 2.05) is 0 Å². The van der Waals surface area contributed by atoms with Gasteiger partial charge in [-0.2, -0.15) is 0 Å². The molecular formula is C29H72Cl2Cu3N12O20. The Labute approximate surface area is 418 Å². The number of carbonyl (C=O) groups excluding carboxylic acids is 1. The molecule has 4 rings (SSSR count). The van der Waals surface area contributed by atoms with Crippen LogP contribution in [0.15, 0.2) is 12.1 Å². The standard InChI is InChI=1S/2C14H27N6.CH2O3.2ClHO4.3Cu.9H2O/c2*1-4-15-6-2-8-17-11-13-10-14(20-19-13)12-18-9-3-7-16-5-1;2-1(3)4;2*2-1(3,4)5;;;;;;;;;;;;/h2*10,15-18H,1-9,11-12H2;(H2,2,3,4);2*(H,2,3,4,5);;;;9*1H2/q2*-1;;;;3*+2;;;;;;;;;/p-4. The Bertz CT molecular complexity index is 1020. The smallest absolute Gasteiger partial charge is 0.652 e. The molecule has 0 aliphatic carbocycles. The number of hydrogen-bond acceptors (Lipinski definition) is 21. The molecular weight excluding hydrogens is 1100 g/mol. The van der Waals surface area contributed by atoms with E-state index in [9.17, 15) is 0 Å². The normalized spacial score (nSPS) is 14.9. The summed E-state index contributed by atoms with van der Waals surface area (Å²) in [7, 11) is -9.89. The molecule has 0 unspecified atom stereocenters. The van der Waals surface area contributed by atoms with Gasteiger partial charge >= 0.3 is 51.2 Å². The molecule has 0 spiro atoms. The topological polar surface area (TPSA) is 681 Å². The molecule has 32 nitrogen and oxygen atoms in total. The van der Waals surface area contributed by atoms with Crippen LogP contribution in [0.4, 0.5) is 4.79 Å². The Morgan fingerprint density at radius 2 is 0.561 bits per heavy atom. The molecule has 2 aliphatic heterocycles. The summed E-state index contributed by atoms with van der Waals surface area (Å²) in [6.07, 6.45) is 4.66. The second-order valence-electron chi connectivity index (χ2n) is 11.5. The van der Waals surface area contributed by atoms with Gasteiger partial charge in [0.05, 0.1) is 0 Å². The minimum absolute atomic E-state index is 0. The van der Waals surface area contributed by atoms with Gasteiger partial charge in [0.2, 0.25) is 0 Å². The molecule has 2 aromatic heterocycles. The summed E-state index contributed by atoms with van der Waals surface area (Å²) in [6, 6.07) is 4.17. The molecule has 3 radical (unpaired) electrons. The van der Waals surface area contributed by atoms with Crippen LogP contribution in [-0.4, -0.2) is 144 Å². The Morgan fingerprint density at radius 3 is 0.758 bits per heavy atom. The molecule has 4 heterocycles. The van der Waals surface area contributed by atoms with Gasteiger partial charge in [0.1, 0.15) is 0 Å². The SMILES string of the molecule is O.O.O.O.O.O.O.O.O.O=C([O-])[O-].[Cu+2].[Cu+2].[Cu+2].[O-][Cl+3]([O-])([O-])[O-].[O-][Cl+3]([O-])([O-])[O-].c1c2n[n-]c1CNCCCNCCCNCCCNC2.c1c2n[n-]c1CNCCCNCCCNCCCNC2. The quantitative estimate of drug-likeness (QED) is 0.114. The summed E-state index contributed by atoms with van der Waals surface area (Å²) in [6.45, 7) is 16.1. The van der Waals surface area contributed by atoms with Crippen LogP contribution in [0.25, 0.3) is 0 Å². The zero-order valence-electron chi connectivity index (χ0n) is 35.7. The molecule has 0 saturated carbocycles. The van der Waals surface area contributed by atoms with Gasteiger partial charge in [-0.15, -0.1) is 31.9 Å². The zero-order chi connectivity index (χ0) is 40.3. The van der Waals surface area contributed by atoms with Crippen LogP contribution in [0, 0.1) is 20.5 Å². The van der Waals surface area contributed by atoms with Crippen molar-refractivity contribution in [3.63, 3.8) is 0 Å². The molecule has 0 saturated heterocycles. The van der Waals surface area contributed by atoms with Gasteiger partial charge in [-0.05, 0) is 123 Å². The van der Waals surface area contributed by atoms with Crippen LogP contribution in [0.5, 0.6) is 0 Å². The van der Waals surface area contributed by atoms with Crippen molar-refractivity contribution in [2.75, 3.05) is 78.5 Å². The van der Waals surface area contributed by atoms with Crippen LogP contribution in [0.2, 0.25) is 0 Å². The van der Waals surface area contributed by atoms with Crippen molar-refractivity contribution < 1.29 is 173 Å². The number of aromatic nitrogens is 4. The van der Waals surface area contributed by atoms with Gasteiger partial charge in [-0.1, -0.05) is 12.1 Å². The summed E-state index contributed by atoms with van der Waals surface area (Å²) in [4.78, 5) is 8.33. The monoisotopic (exact) mass is 1170 g/mol. The fourth-order valence-electron chi connectivity index (χ4n) is 4.50. The van der Waals surface area contributed by atoms with Gasteiger partial charge in [-0.3, -0.25) is 0 Å². The molecule has 0 fully saturated rings. The van der Waals surface area contributed by atoms with E-state index in [0.717, 1.165) is 153 Å². The van der Waals surface area contributed by atoms with E-state index in [1.165, 1.54) is 12.8 Å². The fourth-order valence-corrected chi connectivity index (χ4v) is 4.50. The number of halogens is 2. The van der Waals surface area contributed by atoms with E-state index in [-0.39, 0.29) is 100 Å². The Balaban J connectivity index is -0.0000000526. The van der Waals surface area contributed by atoms with Crippen molar-refractivity contribution in [2.24, 2.45) is 0 Å². The zero-order valence-corrected chi connectivity index (χ0v) is 40.0. The third kappa shape index (κ3) is 86.1. The van der Waals surface area contributed by atoms with Gasteiger partial charge in [0.25, 0.3) is 0 Å². The number of carbonyl (C=O) groups is 1. The minimum Gasteiger partial charge on any atom is -0.652 e. The average molecular weight is 1170 g/mol. The Hall–Kier alpha value is -1.17. The molecule has 0 amide bonds. The number of fused-ring (bicyclic) bond motifs is 4. The van der Waals surface area contributed by atoms with Crippen molar-refractivity contribution in [2.45, 2.75) is 64.7 Å². The molecule has 26 N–H and O–H groups in total. The van der Waals surface area contributed by atoms with E-state index in [1.54, 1.807) is 0 Å². The fraction of sp³-hybridized carbons (Fsp3) is 0.759. The summed E-state index contributed by atoms with van der Waals surface area (Å²) in [5.41, 5.74) is 4.16. The molecule has 2 aliphatic rings. The molecule has 0 atom stereocenters. The van der Waals surface area contributed by atoms with Crippen molar-refractivity contribution in [1.82, 2.24) is 62.9 Å². The third-order valence-corrected chi connectivity index (χ3v) is 6.75. The summed E-state index contributed by atoms with van der Waals surface area (Å²) in [5, 5.41) is 61.0. The maximum absolute atomic E-state index is 8.49. The summed E-state index contributed by atoms with van der Waals surface area (Å²) in [5.74, 6) is 0. The minimum atomic E-state index is -4.94. The second-order valence-corrected chi connectivity index (χ2v) is 13.0. The predicted octanol–water partition coefficient (Wildman–Crippen LogP) is -20.2. The van der Waals surface area contributed by atoms with E-state index in [0.29, 0.717) is 0 Å². The van der Waals surface area contributed by atoms with E-state index >= 15 is 0 Å². The molecule has 0 aromatic carbocycles. The summed E-state index contributed by atoms with van der Waals surface area (Å²) < 4.78 is 67.9. The van der Waals surface area contributed by atoms with Gasteiger partial charge in [-0.25, -0.2) is 37.3 Å². The molecule has 2 aromatic rings. The largest absolute Gasteiger partial charge is 2.00 e. The average Bonchev–Trinajstić information content (AvgIpc) is 3.72. The molecule has 37 heteroatoms. The molecule has 66 heavy (non-hydrogen) atoms. The van der Waals surface area contributed by atoms with Crippen molar-refractivity contribution >= 4 is 6.16 Å². The predicted molar refractivity (Wildman–Crippen MR) is 199 cm³/mol. The van der Waals surface area contributed by atoms with Gasteiger partial charge in [0, 0.05) is 37.6 Å². The number of carboxylic acid groups (broad SMARTS) is 2. The number of hydrogen-bond donors (Lipinski definition) is 8. The molecule has 415 valence electrons. The van der Waals surface area contributed by atoms with E-state index < -0.39 is 26.6 Å². The van der Waals surface area contributed by atoms with E-state index in [4.69, 9.17) is 52.3 Å². The second kappa shape index (κ2) is 65.9. The first-order valence-corrected chi connectivity index (χ1v) is 19.8. The first-order chi connectivity index (χ1) is 25.6. The van der Waals surface area contributed by atoms with Gasteiger partial charge in [0.15, 0.2) is 0 Å². The first kappa shape index (κ1) is 98.3. The number of nitrogens with one attached hydrogen (secondary N) is 8. The van der Waals surface area contributed by atoms with Crippen LogP contribution in [-0.2, 0) is 77.4 Å². The Kier molecular flexibility index (Phi) is 98.2. The third-order valence-electron chi connectivity index (χ3n) is 6.75. The number of rotatable bonds is 0. The van der Waals surface area contributed by atoms with E-state index in [2.05, 4.69) is 75.1 Å².